The van der Waals surface area contributed by atoms with E-state index in [4.69, 9.17) is 9.47 Å². The third-order valence-corrected chi connectivity index (χ3v) is 5.12. The van der Waals surface area contributed by atoms with Gasteiger partial charge in [0, 0.05) is 32.8 Å². The maximum absolute atomic E-state index is 12.6. The number of rotatable bonds is 6. The summed E-state index contributed by atoms with van der Waals surface area (Å²) in [5.74, 6) is 0.850. The highest BCUT2D eigenvalue weighted by Crippen LogP contribution is 2.14. The van der Waals surface area contributed by atoms with E-state index in [9.17, 15) is 4.79 Å². The van der Waals surface area contributed by atoms with E-state index in [0.717, 1.165) is 56.9 Å². The number of carbonyl (C=O) groups excluding carboxylic acids is 1. The van der Waals surface area contributed by atoms with Crippen molar-refractivity contribution in [2.45, 2.75) is 31.8 Å². The zero-order valence-electron chi connectivity index (χ0n) is 15.8. The van der Waals surface area contributed by atoms with Crippen LogP contribution in [0.2, 0.25) is 0 Å². The van der Waals surface area contributed by atoms with Gasteiger partial charge in [-0.2, -0.15) is 0 Å². The molecule has 2 aliphatic rings. The molecular weight excluding hydrogens is 330 g/mol. The molecule has 2 fully saturated rings. The summed E-state index contributed by atoms with van der Waals surface area (Å²) in [6.45, 7) is 6.07. The zero-order valence-corrected chi connectivity index (χ0v) is 15.8. The average Bonchev–Trinajstić information content (AvgIpc) is 3.05. The second-order valence-corrected chi connectivity index (χ2v) is 7.13. The monoisotopic (exact) mass is 361 g/mol. The van der Waals surface area contributed by atoms with E-state index in [1.807, 2.05) is 23.1 Å². The maximum atomic E-state index is 12.6. The second-order valence-electron chi connectivity index (χ2n) is 7.13. The summed E-state index contributed by atoms with van der Waals surface area (Å²) >= 11 is 0. The molecule has 0 unspecified atom stereocenters. The van der Waals surface area contributed by atoms with Crippen LogP contribution >= 0.6 is 0 Å². The van der Waals surface area contributed by atoms with E-state index >= 15 is 0 Å². The lowest BCUT2D eigenvalue weighted by atomic mass is 10.1. The molecule has 2 amide bonds. The SMILES string of the molecule is COc1cccc(CCNC(=O)N2CCCO[C@@H](CN3CCCC3)C2)c1. The standard InChI is InChI=1S/C20H31N3O3/c1-25-18-7-4-6-17(14-18)8-9-21-20(24)23-12-5-13-26-19(16-23)15-22-10-2-3-11-22/h4,6-7,14,19H,2-3,5,8-13,15-16H2,1H3,(H,21,24)/t19-/m0/s1. The Morgan fingerprint density at radius 3 is 2.92 bits per heavy atom. The van der Waals surface area contributed by atoms with Crippen molar-refractivity contribution >= 4 is 6.03 Å². The minimum atomic E-state index is 0.0184. The van der Waals surface area contributed by atoms with Crippen LogP contribution in [0.15, 0.2) is 24.3 Å². The molecule has 1 aromatic carbocycles. The van der Waals surface area contributed by atoms with E-state index in [1.54, 1.807) is 7.11 Å². The Morgan fingerprint density at radius 1 is 1.27 bits per heavy atom. The number of urea groups is 1. The van der Waals surface area contributed by atoms with Crippen molar-refractivity contribution in [3.8, 4) is 5.75 Å². The van der Waals surface area contributed by atoms with Gasteiger partial charge in [-0.05, 0) is 56.5 Å². The summed E-state index contributed by atoms with van der Waals surface area (Å²) < 4.78 is 11.2. The van der Waals surface area contributed by atoms with Crippen LogP contribution in [0.5, 0.6) is 5.75 Å². The highest BCUT2D eigenvalue weighted by Gasteiger charge is 2.25. The fourth-order valence-electron chi connectivity index (χ4n) is 3.70. The Labute approximate surface area is 156 Å². The predicted molar refractivity (Wildman–Crippen MR) is 102 cm³/mol. The Morgan fingerprint density at radius 2 is 2.12 bits per heavy atom. The number of nitrogens with one attached hydrogen (secondary N) is 1. The molecule has 2 heterocycles. The van der Waals surface area contributed by atoms with Crippen LogP contribution < -0.4 is 10.1 Å². The minimum Gasteiger partial charge on any atom is -0.497 e. The number of benzene rings is 1. The number of likely N-dealkylation sites (tertiary alicyclic amines) is 1. The lowest BCUT2D eigenvalue weighted by Crippen LogP contribution is -2.46. The fraction of sp³-hybridized carbons (Fsp3) is 0.650. The van der Waals surface area contributed by atoms with Crippen molar-refractivity contribution in [3.05, 3.63) is 29.8 Å². The molecule has 0 spiro atoms. The molecule has 144 valence electrons. The van der Waals surface area contributed by atoms with Gasteiger partial charge in [0.25, 0.3) is 0 Å². The summed E-state index contributed by atoms with van der Waals surface area (Å²) in [5, 5.41) is 3.06. The molecule has 0 radical (unpaired) electrons. The number of hydrogen-bond acceptors (Lipinski definition) is 4. The first-order valence-corrected chi connectivity index (χ1v) is 9.74. The quantitative estimate of drug-likeness (QED) is 0.843. The normalized spacial score (nSPS) is 21.4. The summed E-state index contributed by atoms with van der Waals surface area (Å²) in [4.78, 5) is 16.9. The molecule has 6 nitrogen and oxygen atoms in total. The van der Waals surface area contributed by atoms with E-state index < -0.39 is 0 Å². The molecule has 1 N–H and O–H groups in total. The molecule has 1 atom stereocenters. The van der Waals surface area contributed by atoms with Gasteiger partial charge in [0.1, 0.15) is 5.75 Å². The van der Waals surface area contributed by atoms with Gasteiger partial charge in [-0.25, -0.2) is 4.79 Å². The third-order valence-electron chi connectivity index (χ3n) is 5.12. The van der Waals surface area contributed by atoms with Gasteiger partial charge in [-0.15, -0.1) is 0 Å². The minimum absolute atomic E-state index is 0.0184. The van der Waals surface area contributed by atoms with Gasteiger partial charge in [0.05, 0.1) is 13.2 Å². The first kappa shape index (κ1) is 19.0. The zero-order chi connectivity index (χ0) is 18.2. The van der Waals surface area contributed by atoms with Crippen molar-refractivity contribution in [2.24, 2.45) is 0 Å². The number of ether oxygens (including phenoxy) is 2. The molecule has 3 rings (SSSR count). The van der Waals surface area contributed by atoms with Crippen LogP contribution in [-0.2, 0) is 11.2 Å². The first-order chi connectivity index (χ1) is 12.7. The molecule has 0 saturated carbocycles. The number of methoxy groups -OCH3 is 1. The lowest BCUT2D eigenvalue weighted by molar-refractivity contribution is 0.0350. The van der Waals surface area contributed by atoms with Gasteiger partial charge in [-0.1, -0.05) is 12.1 Å². The van der Waals surface area contributed by atoms with Crippen molar-refractivity contribution < 1.29 is 14.3 Å². The second kappa shape index (κ2) is 9.78. The topological polar surface area (TPSA) is 54.0 Å². The molecule has 2 saturated heterocycles. The van der Waals surface area contributed by atoms with Crippen LogP contribution in [0, 0.1) is 0 Å². The lowest BCUT2D eigenvalue weighted by Gasteiger charge is -2.27. The van der Waals surface area contributed by atoms with Gasteiger partial charge >= 0.3 is 6.03 Å². The molecule has 26 heavy (non-hydrogen) atoms. The van der Waals surface area contributed by atoms with E-state index in [-0.39, 0.29) is 12.1 Å². The van der Waals surface area contributed by atoms with Gasteiger partial charge in [0.15, 0.2) is 0 Å². The third kappa shape index (κ3) is 5.61. The Bertz CT molecular complexity index is 575. The van der Waals surface area contributed by atoms with E-state index in [1.165, 1.54) is 12.8 Å². The summed E-state index contributed by atoms with van der Waals surface area (Å²) in [6.07, 6.45) is 4.38. The van der Waals surface area contributed by atoms with Crippen LogP contribution in [0.3, 0.4) is 0 Å². The summed E-state index contributed by atoms with van der Waals surface area (Å²) in [5.41, 5.74) is 1.16. The molecule has 6 heteroatoms. The van der Waals surface area contributed by atoms with E-state index in [0.29, 0.717) is 13.1 Å². The molecule has 0 aromatic heterocycles. The highest BCUT2D eigenvalue weighted by atomic mass is 16.5. The van der Waals surface area contributed by atoms with Crippen molar-refractivity contribution in [1.29, 1.82) is 0 Å². The van der Waals surface area contributed by atoms with Gasteiger partial charge < -0.3 is 24.6 Å². The van der Waals surface area contributed by atoms with Crippen molar-refractivity contribution in [1.82, 2.24) is 15.1 Å². The average molecular weight is 361 g/mol. The number of nitrogens with zero attached hydrogens (tertiary/aromatic N) is 2. The van der Waals surface area contributed by atoms with Crippen LogP contribution in [0.4, 0.5) is 4.79 Å². The predicted octanol–water partition coefficient (Wildman–Crippen LogP) is 2.13. The Hall–Kier alpha value is -1.79. The van der Waals surface area contributed by atoms with E-state index in [2.05, 4.69) is 16.3 Å². The van der Waals surface area contributed by atoms with Gasteiger partial charge in [-0.3, -0.25) is 0 Å². The Balaban J connectivity index is 1.44. The van der Waals surface area contributed by atoms with Crippen molar-refractivity contribution in [2.75, 3.05) is 53.0 Å². The smallest absolute Gasteiger partial charge is 0.317 e. The maximum Gasteiger partial charge on any atom is 0.317 e. The number of amides is 2. The first-order valence-electron chi connectivity index (χ1n) is 9.74. The molecule has 0 bridgehead atoms. The molecular formula is C20H31N3O3. The Kier molecular flexibility index (Phi) is 7.14. The number of carbonyl (C=O) groups is 1. The summed E-state index contributed by atoms with van der Waals surface area (Å²) in [6, 6.07) is 7.99. The molecule has 0 aliphatic carbocycles. The largest absolute Gasteiger partial charge is 0.497 e. The van der Waals surface area contributed by atoms with Gasteiger partial charge in [0.2, 0.25) is 0 Å². The molecule has 2 aliphatic heterocycles. The summed E-state index contributed by atoms with van der Waals surface area (Å²) in [7, 11) is 1.67. The highest BCUT2D eigenvalue weighted by molar-refractivity contribution is 5.74. The van der Waals surface area contributed by atoms with Crippen LogP contribution in [0.1, 0.15) is 24.8 Å². The van der Waals surface area contributed by atoms with Crippen molar-refractivity contribution in [3.63, 3.8) is 0 Å². The van der Waals surface area contributed by atoms with Crippen LogP contribution in [-0.4, -0.2) is 74.9 Å². The fourth-order valence-corrected chi connectivity index (χ4v) is 3.70. The number of hydrogen-bond donors (Lipinski definition) is 1. The van der Waals surface area contributed by atoms with Crippen LogP contribution in [0.25, 0.3) is 0 Å². The molecule has 1 aromatic rings.